The van der Waals surface area contributed by atoms with E-state index >= 15 is 0 Å². The van der Waals surface area contributed by atoms with E-state index in [4.69, 9.17) is 5.26 Å². The number of rotatable bonds is 2. The van der Waals surface area contributed by atoms with Gasteiger partial charge in [0.05, 0.1) is 28.5 Å². The standard InChI is InChI=1S/C13H12N4O/c1-8-9(2)16-12-7-10(3-4-11(12)15-8)17-13(18)5-6-14/h3-4,7H,5H2,1-2H3,(H,17,18). The third kappa shape index (κ3) is 2.43. The molecule has 0 radical (unpaired) electrons. The highest BCUT2D eigenvalue weighted by Crippen LogP contribution is 2.17. The zero-order valence-electron chi connectivity index (χ0n) is 10.2. The largest absolute Gasteiger partial charge is 0.325 e. The Bertz CT molecular complexity index is 658. The molecule has 1 aromatic carbocycles. The molecule has 0 bridgehead atoms. The molecule has 90 valence electrons. The Kier molecular flexibility index (Phi) is 3.20. The normalized spacial score (nSPS) is 10.1. The highest BCUT2D eigenvalue weighted by Gasteiger charge is 2.05. The van der Waals surface area contributed by atoms with Gasteiger partial charge < -0.3 is 5.32 Å². The van der Waals surface area contributed by atoms with Crippen LogP contribution >= 0.6 is 0 Å². The summed E-state index contributed by atoms with van der Waals surface area (Å²) in [5.41, 5.74) is 3.90. The lowest BCUT2D eigenvalue weighted by Gasteiger charge is -2.06. The Morgan fingerprint density at radius 1 is 1.28 bits per heavy atom. The summed E-state index contributed by atoms with van der Waals surface area (Å²) in [7, 11) is 0. The van der Waals surface area contributed by atoms with E-state index in [-0.39, 0.29) is 12.3 Å². The van der Waals surface area contributed by atoms with Gasteiger partial charge in [-0.2, -0.15) is 5.26 Å². The van der Waals surface area contributed by atoms with Crippen molar-refractivity contribution in [1.82, 2.24) is 9.97 Å². The second-order valence-electron chi connectivity index (χ2n) is 3.98. The number of carbonyl (C=O) groups is 1. The summed E-state index contributed by atoms with van der Waals surface area (Å²) >= 11 is 0. The van der Waals surface area contributed by atoms with Crippen molar-refractivity contribution < 1.29 is 4.79 Å². The predicted octanol–water partition coefficient (Wildman–Crippen LogP) is 2.10. The number of aromatic nitrogens is 2. The first kappa shape index (κ1) is 12.0. The van der Waals surface area contributed by atoms with Gasteiger partial charge in [-0.15, -0.1) is 0 Å². The molecule has 0 spiro atoms. The smallest absolute Gasteiger partial charge is 0.238 e. The lowest BCUT2D eigenvalue weighted by molar-refractivity contribution is -0.115. The number of anilines is 1. The third-order valence-electron chi connectivity index (χ3n) is 2.60. The maximum absolute atomic E-state index is 11.3. The molecule has 1 heterocycles. The van der Waals surface area contributed by atoms with Gasteiger partial charge in [0.2, 0.25) is 5.91 Å². The van der Waals surface area contributed by atoms with Gasteiger partial charge in [-0.3, -0.25) is 4.79 Å². The molecule has 0 unspecified atom stereocenters. The van der Waals surface area contributed by atoms with E-state index < -0.39 is 0 Å². The maximum Gasteiger partial charge on any atom is 0.238 e. The van der Waals surface area contributed by atoms with Gasteiger partial charge in [0.25, 0.3) is 0 Å². The van der Waals surface area contributed by atoms with Crippen molar-refractivity contribution in [3.8, 4) is 6.07 Å². The first-order chi connectivity index (χ1) is 8.60. The lowest BCUT2D eigenvalue weighted by atomic mass is 10.2. The summed E-state index contributed by atoms with van der Waals surface area (Å²) in [6, 6.07) is 7.11. The van der Waals surface area contributed by atoms with Gasteiger partial charge in [0.1, 0.15) is 6.42 Å². The minimum absolute atomic E-state index is 0.156. The van der Waals surface area contributed by atoms with Crippen molar-refractivity contribution in [3.05, 3.63) is 29.6 Å². The molecule has 0 aliphatic rings. The molecule has 0 fully saturated rings. The molecule has 0 aliphatic heterocycles. The van der Waals surface area contributed by atoms with Crippen LogP contribution < -0.4 is 5.32 Å². The monoisotopic (exact) mass is 240 g/mol. The minimum atomic E-state index is -0.325. The number of carbonyl (C=O) groups excluding carboxylic acids is 1. The van der Waals surface area contributed by atoms with Crippen molar-refractivity contribution in [2.75, 3.05) is 5.32 Å². The number of hydrogen-bond donors (Lipinski definition) is 1. The number of hydrogen-bond acceptors (Lipinski definition) is 4. The molecule has 2 rings (SSSR count). The highest BCUT2D eigenvalue weighted by molar-refractivity contribution is 5.94. The number of nitriles is 1. The van der Waals surface area contributed by atoms with E-state index in [1.54, 1.807) is 24.3 Å². The van der Waals surface area contributed by atoms with Crippen LogP contribution in [0.3, 0.4) is 0 Å². The lowest BCUT2D eigenvalue weighted by Crippen LogP contribution is -2.10. The van der Waals surface area contributed by atoms with Crippen LogP contribution in [0.5, 0.6) is 0 Å². The average molecular weight is 240 g/mol. The molecular weight excluding hydrogens is 228 g/mol. The second-order valence-corrected chi connectivity index (χ2v) is 3.98. The van der Waals surface area contributed by atoms with Crippen LogP contribution in [0.25, 0.3) is 11.0 Å². The van der Waals surface area contributed by atoms with Crippen LogP contribution in [-0.2, 0) is 4.79 Å². The quantitative estimate of drug-likeness (QED) is 0.871. The summed E-state index contributed by atoms with van der Waals surface area (Å²) in [6.07, 6.45) is -0.156. The Hall–Kier alpha value is -2.48. The second kappa shape index (κ2) is 4.80. The molecule has 18 heavy (non-hydrogen) atoms. The number of nitrogens with one attached hydrogen (secondary N) is 1. The summed E-state index contributed by atoms with van der Waals surface area (Å²) < 4.78 is 0. The van der Waals surface area contributed by atoms with Crippen LogP contribution in [0.1, 0.15) is 17.8 Å². The van der Waals surface area contributed by atoms with Crippen molar-refractivity contribution >= 4 is 22.6 Å². The molecule has 2 aromatic rings. The molecule has 5 heteroatoms. The Morgan fingerprint density at radius 3 is 2.61 bits per heavy atom. The van der Waals surface area contributed by atoms with Gasteiger partial charge in [0.15, 0.2) is 0 Å². The maximum atomic E-state index is 11.3. The number of amides is 1. The van der Waals surface area contributed by atoms with Gasteiger partial charge in [0, 0.05) is 5.69 Å². The van der Waals surface area contributed by atoms with Gasteiger partial charge >= 0.3 is 0 Å². The molecule has 0 aliphatic carbocycles. The minimum Gasteiger partial charge on any atom is -0.325 e. The van der Waals surface area contributed by atoms with E-state index in [9.17, 15) is 4.79 Å². The fraction of sp³-hybridized carbons (Fsp3) is 0.231. The van der Waals surface area contributed by atoms with E-state index in [0.29, 0.717) is 5.69 Å². The molecule has 0 atom stereocenters. The Labute approximate surface area is 104 Å². The van der Waals surface area contributed by atoms with Gasteiger partial charge in [-0.05, 0) is 32.0 Å². The Morgan fingerprint density at radius 2 is 1.94 bits per heavy atom. The third-order valence-corrected chi connectivity index (χ3v) is 2.60. The molecule has 1 N–H and O–H groups in total. The number of benzene rings is 1. The topological polar surface area (TPSA) is 78.7 Å². The van der Waals surface area contributed by atoms with E-state index in [1.165, 1.54) is 0 Å². The van der Waals surface area contributed by atoms with Crippen LogP contribution in [0.2, 0.25) is 0 Å². The predicted molar refractivity (Wildman–Crippen MR) is 67.9 cm³/mol. The molecule has 5 nitrogen and oxygen atoms in total. The molecule has 0 saturated heterocycles. The van der Waals surface area contributed by atoms with Crippen LogP contribution in [0, 0.1) is 25.2 Å². The average Bonchev–Trinajstić information content (AvgIpc) is 2.31. The molecular formula is C13H12N4O. The van der Waals surface area contributed by atoms with Crippen molar-refractivity contribution in [2.24, 2.45) is 0 Å². The fourth-order valence-corrected chi connectivity index (χ4v) is 1.59. The number of aryl methyl sites for hydroxylation is 2. The van der Waals surface area contributed by atoms with Gasteiger partial charge in [-0.1, -0.05) is 0 Å². The van der Waals surface area contributed by atoms with E-state index in [2.05, 4.69) is 15.3 Å². The van der Waals surface area contributed by atoms with E-state index in [0.717, 1.165) is 22.4 Å². The zero-order chi connectivity index (χ0) is 13.1. The molecule has 1 amide bonds. The van der Waals surface area contributed by atoms with Crippen LogP contribution in [-0.4, -0.2) is 15.9 Å². The van der Waals surface area contributed by atoms with Gasteiger partial charge in [-0.25, -0.2) is 9.97 Å². The highest BCUT2D eigenvalue weighted by atomic mass is 16.1. The Balaban J connectivity index is 2.36. The van der Waals surface area contributed by atoms with Crippen LogP contribution in [0.15, 0.2) is 18.2 Å². The van der Waals surface area contributed by atoms with Crippen molar-refractivity contribution in [3.63, 3.8) is 0 Å². The molecule has 1 aromatic heterocycles. The molecule has 0 saturated carbocycles. The summed E-state index contributed by atoms with van der Waals surface area (Å²) in [4.78, 5) is 20.1. The zero-order valence-corrected chi connectivity index (χ0v) is 10.2. The number of fused-ring (bicyclic) bond motifs is 1. The van der Waals surface area contributed by atoms with Crippen LogP contribution in [0.4, 0.5) is 5.69 Å². The number of nitrogens with zero attached hydrogens (tertiary/aromatic N) is 3. The summed E-state index contributed by atoms with van der Waals surface area (Å²) in [5, 5.41) is 11.1. The van der Waals surface area contributed by atoms with Crippen molar-refractivity contribution in [1.29, 1.82) is 5.26 Å². The first-order valence-electron chi connectivity index (χ1n) is 5.52. The summed E-state index contributed by atoms with van der Waals surface area (Å²) in [6.45, 7) is 3.80. The summed E-state index contributed by atoms with van der Waals surface area (Å²) in [5.74, 6) is -0.325. The van der Waals surface area contributed by atoms with E-state index in [1.807, 2.05) is 13.8 Å². The fourth-order valence-electron chi connectivity index (χ4n) is 1.59. The van der Waals surface area contributed by atoms with Crippen molar-refractivity contribution in [2.45, 2.75) is 20.3 Å². The SMILES string of the molecule is Cc1nc2ccc(NC(=O)CC#N)cc2nc1C. The first-order valence-corrected chi connectivity index (χ1v) is 5.52.